The Kier molecular flexibility index (Phi) is 8.16. The molecule has 6 nitrogen and oxygen atoms in total. The number of thiazole rings is 1. The van der Waals surface area contributed by atoms with Crippen molar-refractivity contribution in [1.82, 2.24) is 10.3 Å². The molecule has 0 unspecified atom stereocenters. The van der Waals surface area contributed by atoms with E-state index >= 15 is 0 Å². The molecule has 0 bridgehead atoms. The van der Waals surface area contributed by atoms with Crippen molar-refractivity contribution in [2.24, 2.45) is 4.99 Å². The number of aromatic nitrogens is 1. The first-order valence-corrected chi connectivity index (χ1v) is 9.22. The van der Waals surface area contributed by atoms with E-state index in [4.69, 9.17) is 9.47 Å². The highest BCUT2D eigenvalue weighted by Crippen LogP contribution is 2.32. The third kappa shape index (κ3) is 6.12. The fraction of sp³-hybridized carbons (Fsp3) is 0.412. The Morgan fingerprint density at radius 3 is 2.68 bits per heavy atom. The molecular weight excluding hydrogens is 508 g/mol. The molecule has 28 heavy (non-hydrogen) atoms. The highest BCUT2D eigenvalue weighted by molar-refractivity contribution is 14.0. The molecule has 2 aromatic rings. The molecular formula is C17H20F3IN4O2S. The molecule has 0 saturated heterocycles. The third-order valence-corrected chi connectivity index (χ3v) is 4.62. The van der Waals surface area contributed by atoms with E-state index in [0.29, 0.717) is 48.6 Å². The number of hydrogen-bond donors (Lipinski definition) is 2. The first kappa shape index (κ1) is 22.5. The Labute approximate surface area is 181 Å². The standard InChI is InChI=1S/C17H19F3N4O2S.HI/c1-21-16(22-6-5-15-24-14(10-27-15)17(18,19)20)23-11-3-4-12-13(9-11)26-8-2-7-25-12;/h3-4,9-10H,2,5-8H2,1H3,(H2,21,22,23);1H. The van der Waals surface area contributed by atoms with E-state index in [0.717, 1.165) is 28.8 Å². The summed E-state index contributed by atoms with van der Waals surface area (Å²) >= 11 is 0.995. The predicted molar refractivity (Wildman–Crippen MR) is 113 cm³/mol. The molecule has 0 atom stereocenters. The zero-order valence-corrected chi connectivity index (χ0v) is 18.2. The van der Waals surface area contributed by atoms with Gasteiger partial charge in [0.1, 0.15) is 0 Å². The summed E-state index contributed by atoms with van der Waals surface area (Å²) in [6.07, 6.45) is -3.22. The normalized spacial score (nSPS) is 14.1. The molecule has 1 aliphatic rings. The molecule has 11 heteroatoms. The maximum absolute atomic E-state index is 12.6. The van der Waals surface area contributed by atoms with Crippen LogP contribution in [0.4, 0.5) is 18.9 Å². The van der Waals surface area contributed by atoms with E-state index in [9.17, 15) is 13.2 Å². The SMILES string of the molecule is CN=C(NCCc1nc(C(F)(F)F)cs1)Nc1ccc2c(c1)OCCCO2.I. The number of hydrogen-bond acceptors (Lipinski definition) is 5. The molecule has 0 aliphatic carbocycles. The van der Waals surface area contributed by atoms with Crippen LogP contribution < -0.4 is 20.1 Å². The minimum Gasteiger partial charge on any atom is -0.490 e. The lowest BCUT2D eigenvalue weighted by Gasteiger charge is -2.13. The second-order valence-corrected chi connectivity index (χ2v) is 6.65. The molecule has 1 aromatic heterocycles. The fourth-order valence-corrected chi connectivity index (χ4v) is 3.21. The number of halogens is 4. The second kappa shape index (κ2) is 10.1. The molecule has 0 fully saturated rings. The highest BCUT2D eigenvalue weighted by Gasteiger charge is 2.33. The van der Waals surface area contributed by atoms with Gasteiger partial charge in [-0.05, 0) is 12.1 Å². The van der Waals surface area contributed by atoms with E-state index in [-0.39, 0.29) is 24.0 Å². The number of anilines is 1. The van der Waals surface area contributed by atoms with Crippen molar-refractivity contribution >= 4 is 47.0 Å². The monoisotopic (exact) mass is 528 g/mol. The van der Waals surface area contributed by atoms with E-state index in [1.165, 1.54) is 0 Å². The zero-order valence-electron chi connectivity index (χ0n) is 15.0. The lowest BCUT2D eigenvalue weighted by Crippen LogP contribution is -2.32. The molecule has 3 rings (SSSR count). The van der Waals surface area contributed by atoms with Crippen LogP contribution in [0.15, 0.2) is 28.6 Å². The minimum atomic E-state index is -4.41. The first-order valence-electron chi connectivity index (χ1n) is 8.34. The summed E-state index contributed by atoms with van der Waals surface area (Å²) in [7, 11) is 1.61. The van der Waals surface area contributed by atoms with Gasteiger partial charge >= 0.3 is 6.18 Å². The Bertz CT molecular complexity index is 814. The zero-order chi connectivity index (χ0) is 19.3. The number of aliphatic imine (C=N–C) groups is 1. The van der Waals surface area contributed by atoms with Crippen molar-refractivity contribution in [2.45, 2.75) is 19.0 Å². The average Bonchev–Trinajstić information content (AvgIpc) is 2.99. The number of nitrogens with zero attached hydrogens (tertiary/aromatic N) is 2. The molecule has 0 saturated carbocycles. The lowest BCUT2D eigenvalue weighted by atomic mass is 10.3. The van der Waals surface area contributed by atoms with Gasteiger partial charge in [0, 0.05) is 43.6 Å². The number of ether oxygens (including phenoxy) is 2. The van der Waals surface area contributed by atoms with Crippen molar-refractivity contribution in [1.29, 1.82) is 0 Å². The van der Waals surface area contributed by atoms with Crippen molar-refractivity contribution in [3.8, 4) is 11.5 Å². The average molecular weight is 528 g/mol. The first-order chi connectivity index (χ1) is 13.0. The van der Waals surface area contributed by atoms with Crippen molar-refractivity contribution in [3.63, 3.8) is 0 Å². The van der Waals surface area contributed by atoms with Crippen LogP contribution in [0.5, 0.6) is 11.5 Å². The van der Waals surface area contributed by atoms with Gasteiger partial charge in [-0.15, -0.1) is 35.3 Å². The van der Waals surface area contributed by atoms with Crippen LogP contribution >= 0.6 is 35.3 Å². The van der Waals surface area contributed by atoms with Gasteiger partial charge in [0.15, 0.2) is 23.2 Å². The summed E-state index contributed by atoms with van der Waals surface area (Å²) < 4.78 is 49.0. The van der Waals surface area contributed by atoms with Crippen molar-refractivity contribution in [2.75, 3.05) is 32.1 Å². The number of rotatable bonds is 4. The van der Waals surface area contributed by atoms with Crippen molar-refractivity contribution < 1.29 is 22.6 Å². The molecule has 0 amide bonds. The summed E-state index contributed by atoms with van der Waals surface area (Å²) in [5.74, 6) is 1.86. The predicted octanol–water partition coefficient (Wildman–Crippen LogP) is 4.17. The quantitative estimate of drug-likeness (QED) is 0.355. The van der Waals surface area contributed by atoms with Crippen LogP contribution in [0.25, 0.3) is 0 Å². The van der Waals surface area contributed by atoms with E-state index < -0.39 is 11.9 Å². The number of nitrogens with one attached hydrogen (secondary N) is 2. The molecule has 0 radical (unpaired) electrons. The Balaban J connectivity index is 0.00000280. The van der Waals surface area contributed by atoms with E-state index in [1.54, 1.807) is 7.05 Å². The van der Waals surface area contributed by atoms with Gasteiger partial charge in [0.2, 0.25) is 0 Å². The molecule has 1 aliphatic heterocycles. The van der Waals surface area contributed by atoms with Gasteiger partial charge in [-0.3, -0.25) is 4.99 Å². The van der Waals surface area contributed by atoms with Gasteiger partial charge in [0.05, 0.1) is 18.2 Å². The van der Waals surface area contributed by atoms with Gasteiger partial charge in [0.25, 0.3) is 0 Å². The van der Waals surface area contributed by atoms with Gasteiger partial charge < -0.3 is 20.1 Å². The smallest absolute Gasteiger partial charge is 0.434 e. The molecule has 0 spiro atoms. The summed E-state index contributed by atoms with van der Waals surface area (Å²) in [6, 6.07) is 5.49. The lowest BCUT2D eigenvalue weighted by molar-refractivity contribution is -0.140. The maximum atomic E-state index is 12.6. The van der Waals surface area contributed by atoms with Gasteiger partial charge in [-0.25, -0.2) is 4.98 Å². The molecule has 1 aromatic carbocycles. The van der Waals surface area contributed by atoms with Crippen molar-refractivity contribution in [3.05, 3.63) is 34.3 Å². The van der Waals surface area contributed by atoms with Gasteiger partial charge in [-0.1, -0.05) is 0 Å². The molecule has 154 valence electrons. The number of fused-ring (bicyclic) bond motifs is 1. The van der Waals surface area contributed by atoms with E-state index in [1.807, 2.05) is 18.2 Å². The highest BCUT2D eigenvalue weighted by atomic mass is 127. The molecule has 2 heterocycles. The number of guanidine groups is 1. The van der Waals surface area contributed by atoms with Crippen LogP contribution in [-0.2, 0) is 12.6 Å². The van der Waals surface area contributed by atoms with E-state index in [2.05, 4.69) is 20.6 Å². The molecule has 2 N–H and O–H groups in total. The summed E-state index contributed by atoms with van der Waals surface area (Å²) in [5.41, 5.74) is -0.0850. The Morgan fingerprint density at radius 1 is 1.25 bits per heavy atom. The van der Waals surface area contributed by atoms with Crippen LogP contribution in [0.3, 0.4) is 0 Å². The van der Waals surface area contributed by atoms with Crippen LogP contribution in [0.1, 0.15) is 17.1 Å². The van der Waals surface area contributed by atoms with Crippen LogP contribution in [0.2, 0.25) is 0 Å². The maximum Gasteiger partial charge on any atom is 0.434 e. The summed E-state index contributed by atoms with van der Waals surface area (Å²) in [6.45, 7) is 1.61. The Hall–Kier alpha value is -1.76. The topological polar surface area (TPSA) is 67.8 Å². The number of benzene rings is 1. The van der Waals surface area contributed by atoms with Gasteiger partial charge in [-0.2, -0.15) is 13.2 Å². The summed E-state index contributed by atoms with van der Waals surface area (Å²) in [4.78, 5) is 7.72. The van der Waals surface area contributed by atoms with Crippen LogP contribution in [-0.4, -0.2) is 37.7 Å². The number of alkyl halides is 3. The second-order valence-electron chi connectivity index (χ2n) is 5.71. The Morgan fingerprint density at radius 2 is 2.00 bits per heavy atom. The third-order valence-electron chi connectivity index (χ3n) is 3.71. The minimum absolute atomic E-state index is 0. The largest absolute Gasteiger partial charge is 0.490 e. The van der Waals surface area contributed by atoms with Crippen LogP contribution in [0, 0.1) is 0 Å². The fourth-order valence-electron chi connectivity index (χ4n) is 2.40. The summed E-state index contributed by atoms with van der Waals surface area (Å²) in [5, 5.41) is 7.63.